The van der Waals surface area contributed by atoms with Crippen molar-refractivity contribution in [2.75, 3.05) is 0 Å². The predicted molar refractivity (Wildman–Crippen MR) is 36.9 cm³/mol. The fraction of sp³-hybridized carbons (Fsp3) is 0.750. The van der Waals surface area contributed by atoms with Crippen molar-refractivity contribution in [1.29, 1.82) is 0 Å². The summed E-state index contributed by atoms with van der Waals surface area (Å²) in [6, 6.07) is 0. The van der Waals surface area contributed by atoms with Gasteiger partial charge < -0.3 is 0 Å². The van der Waals surface area contributed by atoms with Crippen molar-refractivity contribution in [3.8, 4) is 0 Å². The van der Waals surface area contributed by atoms with Crippen LogP contribution in [-0.4, -0.2) is 5.78 Å². The predicted octanol–water partition coefficient (Wildman–Crippen LogP) is 1.83. The largest absolute Gasteiger partial charge is 0.295 e. The van der Waals surface area contributed by atoms with E-state index in [0.29, 0.717) is 11.7 Å². The molecule has 0 aliphatic heterocycles. The van der Waals surface area contributed by atoms with E-state index in [-0.39, 0.29) is 5.92 Å². The average molecular weight is 125 g/mol. The van der Waals surface area contributed by atoms with Gasteiger partial charge in [-0.05, 0) is 20.3 Å². The van der Waals surface area contributed by atoms with Gasteiger partial charge in [0.15, 0.2) is 11.7 Å². The zero-order valence-electron chi connectivity index (χ0n) is 6.05. The van der Waals surface area contributed by atoms with Crippen molar-refractivity contribution in [2.24, 2.45) is 11.8 Å². The summed E-state index contributed by atoms with van der Waals surface area (Å²) in [5, 5.41) is 0. The van der Waals surface area contributed by atoms with E-state index in [1.54, 1.807) is 0 Å². The lowest BCUT2D eigenvalue weighted by molar-refractivity contribution is -0.123. The topological polar surface area (TPSA) is 17.1 Å². The van der Waals surface area contributed by atoms with Crippen molar-refractivity contribution < 1.29 is 4.79 Å². The standard InChI is InChI=1S/C8H13O/c1-6-3-4-8(9)7(2)5-6/h5-7H,3-4H2,1-2H3/q+1. The van der Waals surface area contributed by atoms with Crippen LogP contribution in [0.1, 0.15) is 26.7 Å². The maximum atomic E-state index is 10.9. The minimum atomic E-state index is 0.216. The van der Waals surface area contributed by atoms with Crippen molar-refractivity contribution >= 4 is 5.78 Å². The highest BCUT2D eigenvalue weighted by Crippen LogP contribution is 2.23. The summed E-state index contributed by atoms with van der Waals surface area (Å²) in [6.45, 7) is 4.15. The highest BCUT2D eigenvalue weighted by Gasteiger charge is 2.30. The van der Waals surface area contributed by atoms with Crippen LogP contribution in [0.4, 0.5) is 0 Å². The molecule has 0 N–H and O–H groups in total. The summed E-state index contributed by atoms with van der Waals surface area (Å²) in [5.74, 6) is 1.28. The van der Waals surface area contributed by atoms with Crippen LogP contribution in [0.2, 0.25) is 0 Å². The summed E-state index contributed by atoms with van der Waals surface area (Å²) in [7, 11) is 0. The van der Waals surface area contributed by atoms with E-state index >= 15 is 0 Å². The van der Waals surface area contributed by atoms with Gasteiger partial charge in [0.25, 0.3) is 0 Å². The number of carbonyl (C=O) groups is 1. The fourth-order valence-corrected chi connectivity index (χ4v) is 1.29. The number of rotatable bonds is 0. The Bertz CT molecular complexity index is 118. The van der Waals surface area contributed by atoms with E-state index in [4.69, 9.17) is 0 Å². The molecule has 1 fully saturated rings. The van der Waals surface area contributed by atoms with Crippen LogP contribution in [0.25, 0.3) is 0 Å². The third-order valence-electron chi connectivity index (χ3n) is 1.97. The molecule has 1 saturated carbocycles. The zero-order chi connectivity index (χ0) is 6.85. The van der Waals surface area contributed by atoms with Crippen molar-refractivity contribution in [3.63, 3.8) is 0 Å². The monoisotopic (exact) mass is 125 g/mol. The third-order valence-corrected chi connectivity index (χ3v) is 1.97. The minimum Gasteiger partial charge on any atom is -0.295 e. The molecule has 0 aromatic carbocycles. The molecule has 1 aliphatic carbocycles. The molecule has 9 heavy (non-hydrogen) atoms. The van der Waals surface area contributed by atoms with Crippen LogP contribution < -0.4 is 0 Å². The molecule has 50 valence electrons. The molecule has 0 bridgehead atoms. The summed E-state index contributed by atoms with van der Waals surface area (Å²) >= 11 is 0. The van der Waals surface area contributed by atoms with E-state index in [1.807, 2.05) is 6.92 Å². The van der Waals surface area contributed by atoms with Crippen LogP contribution in [0, 0.1) is 18.3 Å². The molecule has 0 radical (unpaired) electrons. The van der Waals surface area contributed by atoms with E-state index < -0.39 is 0 Å². The number of Topliss-reactive ketones (excluding diaryl/α,β-unsaturated/α-hetero) is 1. The first-order valence-electron chi connectivity index (χ1n) is 3.58. The van der Waals surface area contributed by atoms with Crippen LogP contribution in [0.3, 0.4) is 0 Å². The van der Waals surface area contributed by atoms with E-state index in [9.17, 15) is 4.79 Å². The van der Waals surface area contributed by atoms with Gasteiger partial charge >= 0.3 is 0 Å². The van der Waals surface area contributed by atoms with Crippen LogP contribution >= 0.6 is 0 Å². The zero-order valence-corrected chi connectivity index (χ0v) is 6.05. The maximum absolute atomic E-state index is 10.9. The lowest BCUT2D eigenvalue weighted by Crippen LogP contribution is -2.21. The Morgan fingerprint density at radius 2 is 2.22 bits per heavy atom. The molecule has 1 aliphatic rings. The Morgan fingerprint density at radius 1 is 1.56 bits per heavy atom. The number of ketones is 1. The highest BCUT2D eigenvalue weighted by atomic mass is 16.1. The molecule has 0 aromatic heterocycles. The second-order valence-corrected chi connectivity index (χ2v) is 2.96. The van der Waals surface area contributed by atoms with Crippen LogP contribution in [0.15, 0.2) is 0 Å². The summed E-state index contributed by atoms with van der Waals surface area (Å²) < 4.78 is 0. The first-order chi connectivity index (χ1) is 4.20. The molecule has 2 unspecified atom stereocenters. The van der Waals surface area contributed by atoms with Crippen molar-refractivity contribution in [3.05, 3.63) is 6.42 Å². The van der Waals surface area contributed by atoms with Gasteiger partial charge in [-0.2, -0.15) is 0 Å². The molecule has 0 spiro atoms. The highest BCUT2D eigenvalue weighted by molar-refractivity contribution is 5.82. The molecule has 2 atom stereocenters. The molecular weight excluding hydrogens is 112 g/mol. The maximum Gasteiger partial charge on any atom is 0.179 e. The Kier molecular flexibility index (Phi) is 1.79. The van der Waals surface area contributed by atoms with Crippen molar-refractivity contribution in [1.82, 2.24) is 0 Å². The van der Waals surface area contributed by atoms with Gasteiger partial charge in [0.05, 0.1) is 12.3 Å². The van der Waals surface area contributed by atoms with Crippen LogP contribution in [0.5, 0.6) is 0 Å². The Balaban J connectivity index is 2.44. The fourth-order valence-electron chi connectivity index (χ4n) is 1.29. The Hall–Kier alpha value is -0.460. The lowest BCUT2D eigenvalue weighted by atomic mass is 9.83. The van der Waals surface area contributed by atoms with Crippen LogP contribution in [-0.2, 0) is 4.79 Å². The van der Waals surface area contributed by atoms with E-state index in [1.165, 1.54) is 0 Å². The third kappa shape index (κ3) is 1.47. The van der Waals surface area contributed by atoms with Gasteiger partial charge in [-0.25, -0.2) is 0 Å². The van der Waals surface area contributed by atoms with Gasteiger partial charge in [0.1, 0.15) is 0 Å². The molecule has 1 rings (SSSR count). The van der Waals surface area contributed by atoms with Gasteiger partial charge in [-0.3, -0.25) is 4.79 Å². The van der Waals surface area contributed by atoms with Crippen molar-refractivity contribution in [2.45, 2.75) is 26.7 Å². The molecule has 0 aromatic rings. The summed E-state index contributed by atoms with van der Waals surface area (Å²) in [4.78, 5) is 10.9. The van der Waals surface area contributed by atoms with Gasteiger partial charge in [0, 0.05) is 6.42 Å². The van der Waals surface area contributed by atoms with E-state index in [0.717, 1.165) is 12.8 Å². The molecule has 0 amide bonds. The van der Waals surface area contributed by atoms with E-state index in [2.05, 4.69) is 13.3 Å². The number of hydrogen-bond donors (Lipinski definition) is 0. The smallest absolute Gasteiger partial charge is 0.179 e. The molecule has 0 heterocycles. The minimum absolute atomic E-state index is 0.216. The normalized spacial score (nSPS) is 36.0. The average Bonchev–Trinajstić information content (AvgIpc) is 1.80. The lowest BCUT2D eigenvalue weighted by Gasteiger charge is -2.13. The summed E-state index contributed by atoms with van der Waals surface area (Å²) in [5.41, 5.74) is 0. The van der Waals surface area contributed by atoms with Gasteiger partial charge in [-0.1, -0.05) is 0 Å². The first kappa shape index (κ1) is 6.66. The second-order valence-electron chi connectivity index (χ2n) is 2.96. The molecule has 1 nitrogen and oxygen atoms in total. The summed E-state index contributed by atoms with van der Waals surface area (Å²) in [6.07, 6.45) is 3.99. The SMILES string of the molecule is CC1[CH+]C(C)C(=O)CC1. The first-order valence-corrected chi connectivity index (χ1v) is 3.58. The quantitative estimate of drug-likeness (QED) is 0.451. The van der Waals surface area contributed by atoms with Gasteiger partial charge in [-0.15, -0.1) is 0 Å². The Morgan fingerprint density at radius 3 is 2.67 bits per heavy atom. The second kappa shape index (κ2) is 2.42. The molecular formula is C8H13O+. The Labute approximate surface area is 56.4 Å². The van der Waals surface area contributed by atoms with Gasteiger partial charge in [0.2, 0.25) is 0 Å². The molecule has 1 heteroatoms. The number of carbonyl (C=O) groups excluding carboxylic acids is 1. The number of hydrogen-bond acceptors (Lipinski definition) is 1. The molecule has 0 saturated heterocycles.